The molecular formula is C16H27BrN2O. The predicted molar refractivity (Wildman–Crippen MR) is 85.0 cm³/mol. The van der Waals surface area contributed by atoms with Crippen LogP contribution in [0.2, 0.25) is 0 Å². The molecule has 0 bridgehead atoms. The molecule has 0 N–H and O–H groups in total. The fourth-order valence-corrected chi connectivity index (χ4v) is 4.73. The lowest BCUT2D eigenvalue weighted by atomic mass is 9.95. The van der Waals surface area contributed by atoms with Crippen LogP contribution in [0.5, 0.6) is 0 Å². The van der Waals surface area contributed by atoms with E-state index in [1.807, 2.05) is 0 Å². The van der Waals surface area contributed by atoms with Crippen LogP contribution >= 0.6 is 15.9 Å². The van der Waals surface area contributed by atoms with Crippen molar-refractivity contribution in [3.63, 3.8) is 0 Å². The number of halogens is 1. The first-order chi connectivity index (χ1) is 9.76. The summed E-state index contributed by atoms with van der Waals surface area (Å²) in [6.07, 6.45) is 9.04. The maximum absolute atomic E-state index is 12.0. The van der Waals surface area contributed by atoms with Crippen LogP contribution in [0.15, 0.2) is 0 Å². The van der Waals surface area contributed by atoms with E-state index in [4.69, 9.17) is 0 Å². The molecule has 2 heterocycles. The van der Waals surface area contributed by atoms with Gasteiger partial charge in [-0.2, -0.15) is 0 Å². The third-order valence-electron chi connectivity index (χ3n) is 5.38. The van der Waals surface area contributed by atoms with Gasteiger partial charge in [0, 0.05) is 37.4 Å². The van der Waals surface area contributed by atoms with Crippen molar-refractivity contribution >= 4 is 21.8 Å². The Morgan fingerprint density at radius 1 is 1.05 bits per heavy atom. The Balaban J connectivity index is 1.51. The molecule has 0 radical (unpaired) electrons. The molecule has 0 aromatic heterocycles. The van der Waals surface area contributed by atoms with E-state index < -0.39 is 0 Å². The molecule has 3 fully saturated rings. The maximum atomic E-state index is 12.0. The third-order valence-corrected chi connectivity index (χ3v) is 6.30. The van der Waals surface area contributed by atoms with Crippen molar-refractivity contribution in [2.24, 2.45) is 11.8 Å². The molecule has 2 atom stereocenters. The molecular weight excluding hydrogens is 316 g/mol. The third kappa shape index (κ3) is 3.38. The molecule has 3 nitrogen and oxygen atoms in total. The number of piperidine rings is 1. The van der Waals surface area contributed by atoms with Gasteiger partial charge in [-0.1, -0.05) is 28.8 Å². The number of carbonyl (C=O) groups excluding carboxylic acids is 1. The molecule has 0 aromatic carbocycles. The molecule has 0 aromatic rings. The Morgan fingerprint density at radius 2 is 1.85 bits per heavy atom. The second kappa shape index (κ2) is 6.78. The van der Waals surface area contributed by atoms with Gasteiger partial charge in [-0.15, -0.1) is 0 Å². The van der Waals surface area contributed by atoms with Gasteiger partial charge in [0.15, 0.2) is 0 Å². The lowest BCUT2D eigenvalue weighted by molar-refractivity contribution is -0.128. The molecule has 1 amide bonds. The Bertz CT molecular complexity index is 343. The van der Waals surface area contributed by atoms with Crippen molar-refractivity contribution in [1.82, 2.24) is 9.80 Å². The van der Waals surface area contributed by atoms with Crippen molar-refractivity contribution < 1.29 is 4.79 Å². The number of hydrogen-bond donors (Lipinski definition) is 0. The van der Waals surface area contributed by atoms with Gasteiger partial charge in [-0.25, -0.2) is 0 Å². The SMILES string of the molecule is O=C1CC(CBr)CN1CC1CCCN(C2CCCC2)C1. The molecule has 4 heteroatoms. The number of carbonyl (C=O) groups is 1. The number of alkyl halides is 1. The normalized spacial score (nSPS) is 33.2. The number of hydrogen-bond acceptors (Lipinski definition) is 2. The van der Waals surface area contributed by atoms with E-state index in [9.17, 15) is 4.79 Å². The Morgan fingerprint density at radius 3 is 2.55 bits per heavy atom. The molecule has 20 heavy (non-hydrogen) atoms. The average molecular weight is 343 g/mol. The quantitative estimate of drug-likeness (QED) is 0.733. The van der Waals surface area contributed by atoms with Crippen LogP contribution in [0.1, 0.15) is 44.9 Å². The fourth-order valence-electron chi connectivity index (χ4n) is 4.29. The maximum Gasteiger partial charge on any atom is 0.222 e. The van der Waals surface area contributed by atoms with Crippen molar-refractivity contribution in [3.8, 4) is 0 Å². The van der Waals surface area contributed by atoms with Crippen LogP contribution in [-0.2, 0) is 4.79 Å². The molecule has 2 saturated heterocycles. The topological polar surface area (TPSA) is 23.6 Å². The highest BCUT2D eigenvalue weighted by Gasteiger charge is 2.33. The summed E-state index contributed by atoms with van der Waals surface area (Å²) in [7, 11) is 0. The molecule has 114 valence electrons. The largest absolute Gasteiger partial charge is 0.342 e. The van der Waals surface area contributed by atoms with E-state index in [-0.39, 0.29) is 0 Å². The molecule has 1 saturated carbocycles. The highest BCUT2D eigenvalue weighted by atomic mass is 79.9. The van der Waals surface area contributed by atoms with E-state index in [2.05, 4.69) is 25.7 Å². The zero-order chi connectivity index (χ0) is 13.9. The average Bonchev–Trinajstić information content (AvgIpc) is 3.10. The number of amides is 1. The second-order valence-corrected chi connectivity index (χ2v) is 7.61. The number of nitrogens with zero attached hydrogens (tertiary/aromatic N) is 2. The monoisotopic (exact) mass is 342 g/mol. The Kier molecular flexibility index (Phi) is 5.03. The summed E-state index contributed by atoms with van der Waals surface area (Å²) in [6.45, 7) is 4.50. The molecule has 2 unspecified atom stereocenters. The molecule has 3 aliphatic rings. The summed E-state index contributed by atoms with van der Waals surface area (Å²) in [5.41, 5.74) is 0. The Hall–Kier alpha value is -0.0900. The first kappa shape index (κ1) is 14.8. The van der Waals surface area contributed by atoms with Gasteiger partial charge in [0.05, 0.1) is 0 Å². The van der Waals surface area contributed by atoms with E-state index in [1.54, 1.807) is 0 Å². The van der Waals surface area contributed by atoms with Gasteiger partial charge in [-0.05, 0) is 44.1 Å². The molecule has 2 aliphatic heterocycles. The van der Waals surface area contributed by atoms with E-state index >= 15 is 0 Å². The first-order valence-electron chi connectivity index (χ1n) is 8.34. The lowest BCUT2D eigenvalue weighted by Gasteiger charge is -2.38. The summed E-state index contributed by atoms with van der Waals surface area (Å²) in [4.78, 5) is 16.9. The van der Waals surface area contributed by atoms with Crippen LogP contribution in [-0.4, -0.2) is 53.3 Å². The van der Waals surface area contributed by atoms with Crippen LogP contribution < -0.4 is 0 Å². The molecule has 1 aliphatic carbocycles. The van der Waals surface area contributed by atoms with Gasteiger partial charge in [0.1, 0.15) is 0 Å². The number of rotatable bonds is 4. The van der Waals surface area contributed by atoms with E-state index in [1.165, 1.54) is 51.6 Å². The van der Waals surface area contributed by atoms with Gasteiger partial charge in [0.2, 0.25) is 5.91 Å². The standard InChI is InChI=1S/C16H27BrN2O/c17-9-14-8-16(20)19(12-14)11-13-4-3-7-18(10-13)15-5-1-2-6-15/h13-15H,1-12H2. The fraction of sp³-hybridized carbons (Fsp3) is 0.938. The summed E-state index contributed by atoms with van der Waals surface area (Å²) in [5, 5.41) is 0.966. The van der Waals surface area contributed by atoms with Crippen LogP contribution in [0, 0.1) is 11.8 Å². The smallest absolute Gasteiger partial charge is 0.222 e. The predicted octanol–water partition coefficient (Wildman–Crippen LogP) is 2.88. The zero-order valence-corrected chi connectivity index (χ0v) is 14.0. The molecule has 0 spiro atoms. The van der Waals surface area contributed by atoms with Crippen molar-refractivity contribution in [2.45, 2.75) is 51.0 Å². The number of likely N-dealkylation sites (tertiary alicyclic amines) is 2. The van der Waals surface area contributed by atoms with Gasteiger partial charge in [-0.3, -0.25) is 4.79 Å². The van der Waals surface area contributed by atoms with Crippen LogP contribution in [0.3, 0.4) is 0 Å². The minimum Gasteiger partial charge on any atom is -0.342 e. The minimum absolute atomic E-state index is 0.382. The summed E-state index contributed by atoms with van der Waals surface area (Å²) < 4.78 is 0. The summed E-state index contributed by atoms with van der Waals surface area (Å²) in [6, 6.07) is 0.849. The van der Waals surface area contributed by atoms with Gasteiger partial charge >= 0.3 is 0 Å². The van der Waals surface area contributed by atoms with Crippen LogP contribution in [0.4, 0.5) is 0 Å². The van der Waals surface area contributed by atoms with E-state index in [0.29, 0.717) is 17.7 Å². The van der Waals surface area contributed by atoms with Crippen molar-refractivity contribution in [3.05, 3.63) is 0 Å². The zero-order valence-electron chi connectivity index (χ0n) is 12.4. The molecule has 3 rings (SSSR count). The highest BCUT2D eigenvalue weighted by Crippen LogP contribution is 2.29. The lowest BCUT2D eigenvalue weighted by Crippen LogP contribution is -2.45. The van der Waals surface area contributed by atoms with Crippen molar-refractivity contribution in [1.29, 1.82) is 0 Å². The minimum atomic E-state index is 0.382. The first-order valence-corrected chi connectivity index (χ1v) is 9.46. The summed E-state index contributed by atoms with van der Waals surface area (Å²) >= 11 is 3.52. The van der Waals surface area contributed by atoms with Crippen LogP contribution in [0.25, 0.3) is 0 Å². The Labute approximate surface area is 131 Å². The highest BCUT2D eigenvalue weighted by molar-refractivity contribution is 9.09. The summed E-state index contributed by atoms with van der Waals surface area (Å²) in [5.74, 6) is 1.63. The van der Waals surface area contributed by atoms with Gasteiger partial charge < -0.3 is 9.80 Å². The van der Waals surface area contributed by atoms with Crippen molar-refractivity contribution in [2.75, 3.05) is 31.5 Å². The second-order valence-electron chi connectivity index (χ2n) is 6.96. The van der Waals surface area contributed by atoms with E-state index in [0.717, 1.165) is 30.9 Å². The van der Waals surface area contributed by atoms with Gasteiger partial charge in [0.25, 0.3) is 0 Å².